The Kier molecular flexibility index (Phi) is 5.18. The lowest BCUT2D eigenvalue weighted by molar-refractivity contribution is 0.102. The summed E-state index contributed by atoms with van der Waals surface area (Å²) in [6, 6.07) is 12.5. The van der Waals surface area contributed by atoms with Crippen molar-refractivity contribution in [2.24, 2.45) is 7.05 Å². The number of amides is 1. The number of hydrogen-bond acceptors (Lipinski definition) is 4. The highest BCUT2D eigenvalue weighted by Crippen LogP contribution is 2.25. The number of rotatable bonds is 5. The summed E-state index contributed by atoms with van der Waals surface area (Å²) in [6.45, 7) is 2.14. The molecule has 0 spiro atoms. The van der Waals surface area contributed by atoms with Gasteiger partial charge in [-0.2, -0.15) is 5.10 Å². The Hall–Kier alpha value is -4.33. The molecule has 0 aliphatic rings. The second-order valence-corrected chi connectivity index (χ2v) is 7.87. The number of pyridine rings is 2. The van der Waals surface area contributed by atoms with Gasteiger partial charge in [-0.3, -0.25) is 14.5 Å². The minimum Gasteiger partial charge on any atom is -0.341 e. The maximum absolute atomic E-state index is 15.0. The normalized spacial score (nSPS) is 11.1. The number of hydrogen-bond donors (Lipinski definition) is 1. The van der Waals surface area contributed by atoms with Crippen LogP contribution in [-0.4, -0.2) is 30.2 Å². The van der Waals surface area contributed by atoms with Crippen LogP contribution in [-0.2, 0) is 13.6 Å². The van der Waals surface area contributed by atoms with Crippen LogP contribution in [0, 0.1) is 12.7 Å². The van der Waals surface area contributed by atoms with Crippen LogP contribution in [0.5, 0.6) is 0 Å². The van der Waals surface area contributed by atoms with Gasteiger partial charge in [-0.15, -0.1) is 0 Å². The molecule has 8 heteroatoms. The monoisotopic (exact) mass is 442 g/mol. The fourth-order valence-electron chi connectivity index (χ4n) is 3.82. The van der Waals surface area contributed by atoms with E-state index in [4.69, 9.17) is 0 Å². The smallest absolute Gasteiger partial charge is 0.260 e. The first-order valence-electron chi connectivity index (χ1n) is 10.4. The quantitative estimate of drug-likeness (QED) is 0.423. The van der Waals surface area contributed by atoms with Gasteiger partial charge in [0.25, 0.3) is 5.91 Å². The zero-order valence-electron chi connectivity index (χ0n) is 18.2. The van der Waals surface area contributed by atoms with Crippen LogP contribution in [0.2, 0.25) is 0 Å². The fraction of sp³-hybridized carbons (Fsp3) is 0.120. The molecule has 4 aromatic heterocycles. The van der Waals surface area contributed by atoms with Crippen molar-refractivity contribution in [2.45, 2.75) is 13.5 Å². The van der Waals surface area contributed by atoms with E-state index in [-0.39, 0.29) is 19.7 Å². The third-order valence-corrected chi connectivity index (χ3v) is 5.55. The number of carbonyl (C=O) groups is 1. The van der Waals surface area contributed by atoms with Crippen molar-refractivity contribution in [3.8, 4) is 11.1 Å². The summed E-state index contributed by atoms with van der Waals surface area (Å²) in [7, 11) is 1.82. The van der Waals surface area contributed by atoms with Crippen molar-refractivity contribution in [1.29, 1.82) is 0 Å². The first-order valence-corrected chi connectivity index (χ1v) is 10.4. The molecule has 0 aliphatic carbocycles. The molecule has 33 heavy (non-hydrogen) atoms. The number of aromatic nitrogens is 5. The summed E-state index contributed by atoms with van der Waals surface area (Å²) >= 11 is 0. The molecule has 0 saturated carbocycles. The summed E-state index contributed by atoms with van der Waals surface area (Å²) < 4.78 is 18.5. The number of halogens is 1. The average molecular weight is 442 g/mol. The number of nitrogens with one attached hydrogen (secondary N) is 1. The number of carbonyl (C=O) groups excluding carboxylic acids is 1. The zero-order valence-corrected chi connectivity index (χ0v) is 18.2. The molecule has 0 atom stereocenters. The minimum atomic E-state index is -0.322. The maximum atomic E-state index is 15.0. The molecule has 0 unspecified atom stereocenters. The van der Waals surface area contributed by atoms with Crippen LogP contribution in [0.1, 0.15) is 22.9 Å². The molecule has 5 aromatic rings. The van der Waals surface area contributed by atoms with Crippen molar-refractivity contribution < 1.29 is 10.6 Å². The Labute approximate surface area is 191 Å². The van der Waals surface area contributed by atoms with Gasteiger partial charge in [0.05, 0.1) is 23.8 Å². The highest BCUT2D eigenvalue weighted by atomic mass is 19.1. The number of aryl methyl sites for hydroxylation is 2. The van der Waals surface area contributed by atoms with Gasteiger partial charge in [0.15, 0.2) is 0 Å². The number of nitrogens with zero attached hydrogens (tertiary/aromatic N) is 5. The summed E-state index contributed by atoms with van der Waals surface area (Å²) in [4.78, 5) is 21.7. The molecule has 166 valence electrons. The molecule has 0 saturated heterocycles. The first kappa shape index (κ1) is 20.6. The van der Waals surface area contributed by atoms with Crippen LogP contribution in [0.3, 0.4) is 0 Å². The Bertz CT molecular complexity index is 1490. The molecule has 0 bridgehead atoms. The topological polar surface area (TPSA) is 77.6 Å². The number of benzene rings is 1. The molecule has 0 radical (unpaired) electrons. The molecule has 0 aliphatic heterocycles. The van der Waals surface area contributed by atoms with Gasteiger partial charge in [-0.05, 0) is 42.3 Å². The van der Waals surface area contributed by atoms with Gasteiger partial charge < -0.3 is 9.88 Å². The first-order chi connectivity index (χ1) is 16.0. The summed E-state index contributed by atoms with van der Waals surface area (Å²) in [6.07, 6.45) is 8.52. The molecule has 0 fully saturated rings. The van der Waals surface area contributed by atoms with E-state index in [0.717, 1.165) is 22.2 Å². The molecule has 5 rings (SSSR count). The molecule has 1 N–H and O–H groups in total. The van der Waals surface area contributed by atoms with E-state index in [0.29, 0.717) is 22.5 Å². The van der Waals surface area contributed by atoms with E-state index in [9.17, 15) is 9.18 Å². The van der Waals surface area contributed by atoms with Crippen LogP contribution in [0.25, 0.3) is 22.2 Å². The van der Waals surface area contributed by atoms with Crippen LogP contribution < -0.4 is 5.32 Å². The molecule has 1 amide bonds. The van der Waals surface area contributed by atoms with Gasteiger partial charge >= 0.3 is 0 Å². The average Bonchev–Trinajstić information content (AvgIpc) is 3.41. The van der Waals surface area contributed by atoms with E-state index in [1.54, 1.807) is 41.6 Å². The minimum absolute atomic E-state index is 0. The maximum Gasteiger partial charge on any atom is 0.260 e. The fourth-order valence-corrected chi connectivity index (χ4v) is 3.82. The van der Waals surface area contributed by atoms with Crippen molar-refractivity contribution in [2.75, 3.05) is 5.32 Å². The Morgan fingerprint density at radius 1 is 1.09 bits per heavy atom. The predicted octanol–water partition coefficient (Wildman–Crippen LogP) is 4.83. The highest BCUT2D eigenvalue weighted by molar-refractivity contribution is 6.11. The molecule has 7 nitrogen and oxygen atoms in total. The Morgan fingerprint density at radius 2 is 1.91 bits per heavy atom. The summed E-state index contributed by atoms with van der Waals surface area (Å²) in [5.74, 6) is -0.139. The standard InChI is InChI=1S/C25H21FN6O.H2/c1-16-5-3-10-28-24(16)30-25(33)20-15-32(22-6-4-9-27-23(20)22)14-18-8-7-17(11-21(18)26)19-12-29-31(2)13-19;/h3-13,15H,14H2,1-2H3,(H,28,30,33);1H. The molecular weight excluding hydrogens is 419 g/mol. The van der Waals surface area contributed by atoms with E-state index >= 15 is 0 Å². The molecule has 1 aromatic carbocycles. The van der Waals surface area contributed by atoms with Crippen LogP contribution in [0.15, 0.2) is 73.4 Å². The highest BCUT2D eigenvalue weighted by Gasteiger charge is 2.18. The van der Waals surface area contributed by atoms with Gasteiger partial charge in [-0.1, -0.05) is 18.2 Å². The number of anilines is 1. The third kappa shape index (κ3) is 3.98. The number of fused-ring (bicyclic) bond motifs is 1. The second-order valence-electron chi connectivity index (χ2n) is 7.87. The largest absolute Gasteiger partial charge is 0.341 e. The van der Waals surface area contributed by atoms with Gasteiger partial charge in [-0.25, -0.2) is 9.37 Å². The van der Waals surface area contributed by atoms with E-state index in [2.05, 4.69) is 20.4 Å². The lowest BCUT2D eigenvalue weighted by atomic mass is 10.1. The summed E-state index contributed by atoms with van der Waals surface area (Å²) in [5, 5.41) is 6.99. The second kappa shape index (κ2) is 8.31. The van der Waals surface area contributed by atoms with Gasteiger partial charge in [0.2, 0.25) is 0 Å². The zero-order chi connectivity index (χ0) is 22.9. The lowest BCUT2D eigenvalue weighted by Gasteiger charge is -2.08. The molecular formula is C25H23FN6O. The Balaban J connectivity index is 0.00000274. The third-order valence-electron chi connectivity index (χ3n) is 5.55. The van der Waals surface area contributed by atoms with E-state index in [1.807, 2.05) is 49.0 Å². The van der Waals surface area contributed by atoms with Crippen molar-refractivity contribution in [3.63, 3.8) is 0 Å². The Morgan fingerprint density at radius 3 is 2.67 bits per heavy atom. The van der Waals surface area contributed by atoms with Crippen molar-refractivity contribution in [3.05, 3.63) is 96.0 Å². The van der Waals surface area contributed by atoms with E-state index in [1.165, 1.54) is 6.07 Å². The predicted molar refractivity (Wildman–Crippen MR) is 126 cm³/mol. The van der Waals surface area contributed by atoms with Crippen molar-refractivity contribution in [1.82, 2.24) is 24.3 Å². The lowest BCUT2D eigenvalue weighted by Crippen LogP contribution is -2.13. The van der Waals surface area contributed by atoms with Crippen LogP contribution >= 0.6 is 0 Å². The molecule has 4 heterocycles. The van der Waals surface area contributed by atoms with Gasteiger partial charge in [0.1, 0.15) is 17.2 Å². The van der Waals surface area contributed by atoms with Crippen molar-refractivity contribution >= 4 is 22.8 Å². The van der Waals surface area contributed by atoms with Crippen LogP contribution in [0.4, 0.5) is 10.2 Å². The van der Waals surface area contributed by atoms with E-state index < -0.39 is 0 Å². The van der Waals surface area contributed by atoms with Gasteiger partial charge in [0, 0.05) is 44.4 Å². The SMILES string of the molecule is Cc1cccnc1NC(=O)c1cn(Cc2ccc(-c3cnn(C)c3)cc2F)c2cccnc12.[HH]. The summed E-state index contributed by atoms with van der Waals surface area (Å²) in [5.41, 5.74) is 4.68.